The van der Waals surface area contributed by atoms with Crippen LogP contribution in [0.15, 0.2) is 18.2 Å². The highest BCUT2D eigenvalue weighted by Gasteiger charge is 2.22. The van der Waals surface area contributed by atoms with Gasteiger partial charge in [-0.05, 0) is 31.4 Å². The van der Waals surface area contributed by atoms with Crippen LogP contribution in [-0.2, 0) is 6.54 Å². The van der Waals surface area contributed by atoms with Crippen molar-refractivity contribution in [3.8, 4) is 0 Å². The Morgan fingerprint density at radius 1 is 1.33 bits per heavy atom. The van der Waals surface area contributed by atoms with Crippen LogP contribution in [0, 0.1) is 0 Å². The third-order valence-electron chi connectivity index (χ3n) is 3.96. The molecule has 1 unspecified atom stereocenters. The number of anilines is 1. The Morgan fingerprint density at radius 3 is 2.89 bits per heavy atom. The van der Waals surface area contributed by atoms with E-state index in [2.05, 4.69) is 17.9 Å². The van der Waals surface area contributed by atoms with Crippen LogP contribution in [0.3, 0.4) is 0 Å². The van der Waals surface area contributed by atoms with E-state index in [0.29, 0.717) is 12.6 Å². The van der Waals surface area contributed by atoms with Gasteiger partial charge >= 0.3 is 0 Å². The van der Waals surface area contributed by atoms with Gasteiger partial charge in [-0.25, -0.2) is 0 Å². The summed E-state index contributed by atoms with van der Waals surface area (Å²) in [7, 11) is 0. The highest BCUT2D eigenvalue weighted by Crippen LogP contribution is 2.32. The minimum absolute atomic E-state index is 0.516. The van der Waals surface area contributed by atoms with Gasteiger partial charge in [0.1, 0.15) is 0 Å². The summed E-state index contributed by atoms with van der Waals surface area (Å²) in [6, 6.07) is 6.78. The van der Waals surface area contributed by atoms with Gasteiger partial charge in [-0.2, -0.15) is 0 Å². The minimum atomic E-state index is 0.516. The number of rotatable bonds is 3. The Labute approximate surface area is 115 Å². The topological polar surface area (TPSA) is 29.3 Å². The first-order chi connectivity index (χ1) is 8.77. The molecule has 1 fully saturated rings. The molecular formula is C15H23ClN2. The van der Waals surface area contributed by atoms with Gasteiger partial charge in [-0.1, -0.05) is 37.4 Å². The maximum Gasteiger partial charge on any atom is 0.0471 e. The van der Waals surface area contributed by atoms with Gasteiger partial charge in [0, 0.05) is 35.4 Å². The highest BCUT2D eigenvalue weighted by atomic mass is 35.5. The smallest absolute Gasteiger partial charge is 0.0471 e. The molecule has 2 rings (SSSR count). The Balaban J connectivity index is 2.35. The first-order valence-electron chi connectivity index (χ1n) is 7.02. The fraction of sp³-hybridized carbons (Fsp3) is 0.600. The molecule has 100 valence electrons. The van der Waals surface area contributed by atoms with Crippen LogP contribution in [0.25, 0.3) is 0 Å². The van der Waals surface area contributed by atoms with E-state index in [1.54, 1.807) is 0 Å². The predicted molar refractivity (Wildman–Crippen MR) is 79.2 cm³/mol. The molecule has 1 aromatic rings. The maximum absolute atomic E-state index is 6.27. The molecule has 1 aliphatic heterocycles. The number of halogens is 1. The lowest BCUT2D eigenvalue weighted by atomic mass is 10.1. The largest absolute Gasteiger partial charge is 0.368 e. The van der Waals surface area contributed by atoms with Crippen LogP contribution in [0.1, 0.15) is 44.6 Å². The highest BCUT2D eigenvalue weighted by molar-refractivity contribution is 6.31. The normalized spacial score (nSPS) is 20.8. The number of benzene rings is 1. The van der Waals surface area contributed by atoms with Crippen LogP contribution >= 0.6 is 11.6 Å². The van der Waals surface area contributed by atoms with Gasteiger partial charge in [0.05, 0.1) is 0 Å². The fourth-order valence-corrected chi connectivity index (χ4v) is 3.18. The van der Waals surface area contributed by atoms with E-state index in [9.17, 15) is 0 Å². The third kappa shape index (κ3) is 2.81. The van der Waals surface area contributed by atoms with Crippen molar-refractivity contribution in [3.05, 3.63) is 28.8 Å². The van der Waals surface area contributed by atoms with Crippen LogP contribution in [-0.4, -0.2) is 12.6 Å². The summed E-state index contributed by atoms with van der Waals surface area (Å²) in [5.41, 5.74) is 8.22. The molecule has 1 heterocycles. The summed E-state index contributed by atoms with van der Waals surface area (Å²) in [4.78, 5) is 2.53. The quantitative estimate of drug-likeness (QED) is 0.897. The van der Waals surface area contributed by atoms with E-state index >= 15 is 0 Å². The zero-order valence-electron chi connectivity index (χ0n) is 11.2. The van der Waals surface area contributed by atoms with E-state index in [4.69, 9.17) is 17.3 Å². The first-order valence-corrected chi connectivity index (χ1v) is 7.39. The summed E-state index contributed by atoms with van der Waals surface area (Å²) < 4.78 is 0. The molecule has 2 nitrogen and oxygen atoms in total. The molecule has 0 saturated carbocycles. The molecule has 1 aliphatic rings. The lowest BCUT2D eigenvalue weighted by molar-refractivity contribution is 0.555. The number of nitrogens with two attached hydrogens (primary N) is 1. The zero-order valence-corrected chi connectivity index (χ0v) is 11.9. The summed E-state index contributed by atoms with van der Waals surface area (Å²) in [6.45, 7) is 3.92. The molecule has 2 N–H and O–H groups in total. The Hall–Kier alpha value is -0.730. The molecule has 0 bridgehead atoms. The lowest BCUT2D eigenvalue weighted by Gasteiger charge is -2.33. The van der Waals surface area contributed by atoms with Gasteiger partial charge < -0.3 is 10.6 Å². The molecule has 18 heavy (non-hydrogen) atoms. The Bertz CT molecular complexity index is 392. The average Bonchev–Trinajstić information content (AvgIpc) is 2.63. The lowest BCUT2D eigenvalue weighted by Crippen LogP contribution is -2.35. The molecule has 0 aliphatic carbocycles. The van der Waals surface area contributed by atoms with Crippen molar-refractivity contribution in [1.29, 1.82) is 0 Å². The maximum atomic E-state index is 6.27. The van der Waals surface area contributed by atoms with Gasteiger partial charge in [0.25, 0.3) is 0 Å². The first kappa shape index (κ1) is 13.7. The average molecular weight is 267 g/mol. The summed E-state index contributed by atoms with van der Waals surface area (Å²) in [5, 5.41) is 0.800. The molecule has 1 atom stereocenters. The molecule has 1 saturated heterocycles. The molecule has 0 aromatic heterocycles. The standard InChI is InChI=1S/C15H23ClN2/c1-2-12-7-4-3-5-10-18(12)15-9-6-8-14(16)13(15)11-17/h6,8-9,12H,2-5,7,10-11,17H2,1H3. The third-order valence-corrected chi connectivity index (χ3v) is 4.31. The zero-order chi connectivity index (χ0) is 13.0. The summed E-state index contributed by atoms with van der Waals surface area (Å²) in [5.74, 6) is 0. The van der Waals surface area contributed by atoms with E-state index in [-0.39, 0.29) is 0 Å². The molecule has 0 amide bonds. The van der Waals surface area contributed by atoms with Crippen LogP contribution < -0.4 is 10.6 Å². The van der Waals surface area contributed by atoms with Crippen molar-refractivity contribution < 1.29 is 0 Å². The van der Waals surface area contributed by atoms with E-state index in [1.807, 2.05) is 12.1 Å². The Morgan fingerprint density at radius 2 is 2.17 bits per heavy atom. The van der Waals surface area contributed by atoms with E-state index < -0.39 is 0 Å². The van der Waals surface area contributed by atoms with Gasteiger partial charge in [-0.15, -0.1) is 0 Å². The fourth-order valence-electron chi connectivity index (χ4n) is 2.94. The van der Waals surface area contributed by atoms with Crippen molar-refractivity contribution >= 4 is 17.3 Å². The van der Waals surface area contributed by atoms with Gasteiger partial charge in [-0.3, -0.25) is 0 Å². The summed E-state index contributed by atoms with van der Waals surface area (Å²) in [6.07, 6.45) is 6.43. The van der Waals surface area contributed by atoms with Crippen LogP contribution in [0.5, 0.6) is 0 Å². The SMILES string of the molecule is CCC1CCCCCN1c1cccc(Cl)c1CN. The molecular weight excluding hydrogens is 244 g/mol. The molecule has 0 spiro atoms. The molecule has 0 radical (unpaired) electrons. The second kappa shape index (κ2) is 6.44. The van der Waals surface area contributed by atoms with Crippen molar-refractivity contribution in [2.45, 2.75) is 51.6 Å². The Kier molecular flexibility index (Phi) is 4.90. The minimum Gasteiger partial charge on any atom is -0.368 e. The van der Waals surface area contributed by atoms with Crippen molar-refractivity contribution in [2.24, 2.45) is 5.73 Å². The van der Waals surface area contributed by atoms with E-state index in [1.165, 1.54) is 37.8 Å². The van der Waals surface area contributed by atoms with Gasteiger partial charge in [0.15, 0.2) is 0 Å². The van der Waals surface area contributed by atoms with Crippen molar-refractivity contribution in [2.75, 3.05) is 11.4 Å². The van der Waals surface area contributed by atoms with Crippen molar-refractivity contribution in [1.82, 2.24) is 0 Å². The summed E-state index contributed by atoms with van der Waals surface area (Å²) >= 11 is 6.27. The predicted octanol–water partition coefficient (Wildman–Crippen LogP) is 3.96. The second-order valence-electron chi connectivity index (χ2n) is 5.05. The van der Waals surface area contributed by atoms with E-state index in [0.717, 1.165) is 17.1 Å². The number of nitrogens with zero attached hydrogens (tertiary/aromatic N) is 1. The van der Waals surface area contributed by atoms with Crippen LogP contribution in [0.2, 0.25) is 5.02 Å². The number of hydrogen-bond donors (Lipinski definition) is 1. The molecule has 1 aromatic carbocycles. The van der Waals surface area contributed by atoms with Crippen LogP contribution in [0.4, 0.5) is 5.69 Å². The van der Waals surface area contributed by atoms with Crippen molar-refractivity contribution in [3.63, 3.8) is 0 Å². The van der Waals surface area contributed by atoms with Gasteiger partial charge in [0.2, 0.25) is 0 Å². The molecule has 3 heteroatoms. The second-order valence-corrected chi connectivity index (χ2v) is 5.45. The number of hydrogen-bond acceptors (Lipinski definition) is 2. The monoisotopic (exact) mass is 266 g/mol.